The van der Waals surface area contributed by atoms with Crippen LogP contribution in [0.15, 0.2) is 28.8 Å². The highest BCUT2D eigenvalue weighted by atomic mass is 19.1. The summed E-state index contributed by atoms with van der Waals surface area (Å²) < 4.78 is 36.7. The number of allylic oxidation sites excluding steroid dienone is 1. The lowest BCUT2D eigenvalue weighted by molar-refractivity contribution is -0.134. The number of nitrogens with one attached hydrogen (secondary N) is 1. The predicted octanol–water partition coefficient (Wildman–Crippen LogP) is 2.56. The van der Waals surface area contributed by atoms with E-state index in [0.717, 1.165) is 25.1 Å². The second kappa shape index (κ2) is 8.25. The van der Waals surface area contributed by atoms with Gasteiger partial charge in [-0.05, 0) is 32.3 Å². The van der Waals surface area contributed by atoms with Crippen molar-refractivity contribution in [2.45, 2.75) is 38.3 Å². The van der Waals surface area contributed by atoms with Gasteiger partial charge in [0.25, 0.3) is 0 Å². The standard InChI is InChI=1S/C22H23F2N3O5/c1-11(7-17(28)32-2)25-12-5-6-26(9-12)20-16(23)8-14-19(18(20)24)27(13-3-4-13)10-15(21(14)29)22(30)31/h7-8,10,12-13,25H,3-6,9H2,1-2H3,(H,30,31)/b11-7+. The normalized spacial score (nSPS) is 18.8. The zero-order valence-corrected chi connectivity index (χ0v) is 17.7. The van der Waals surface area contributed by atoms with Gasteiger partial charge in [0, 0.05) is 43.1 Å². The average Bonchev–Trinajstić information content (AvgIpc) is 3.48. The van der Waals surface area contributed by atoms with Gasteiger partial charge in [0.2, 0.25) is 5.43 Å². The number of pyridine rings is 1. The van der Waals surface area contributed by atoms with Gasteiger partial charge in [-0.25, -0.2) is 18.4 Å². The van der Waals surface area contributed by atoms with Gasteiger partial charge in [0.15, 0.2) is 5.82 Å². The van der Waals surface area contributed by atoms with Gasteiger partial charge < -0.3 is 24.6 Å². The molecule has 2 fully saturated rings. The number of fused-ring (bicyclic) bond motifs is 1. The molecule has 0 amide bonds. The number of ether oxygens (including phenoxy) is 1. The molecular formula is C22H23F2N3O5. The van der Waals surface area contributed by atoms with Gasteiger partial charge in [0.05, 0.1) is 18.0 Å². The summed E-state index contributed by atoms with van der Waals surface area (Å²) >= 11 is 0. The Balaban J connectivity index is 1.72. The summed E-state index contributed by atoms with van der Waals surface area (Å²) in [4.78, 5) is 37.0. The van der Waals surface area contributed by atoms with E-state index in [9.17, 15) is 19.5 Å². The van der Waals surface area contributed by atoms with E-state index in [0.29, 0.717) is 18.7 Å². The van der Waals surface area contributed by atoms with Crippen molar-refractivity contribution in [2.24, 2.45) is 0 Å². The Hall–Kier alpha value is -3.43. The number of methoxy groups -OCH3 is 1. The van der Waals surface area contributed by atoms with Crippen LogP contribution < -0.4 is 15.6 Å². The maximum atomic E-state index is 15.7. The Morgan fingerprint density at radius 3 is 2.62 bits per heavy atom. The molecule has 8 nitrogen and oxygen atoms in total. The molecular weight excluding hydrogens is 424 g/mol. The number of aromatic carboxylic acids is 1. The first-order valence-corrected chi connectivity index (χ1v) is 10.3. The van der Waals surface area contributed by atoms with E-state index in [1.165, 1.54) is 17.8 Å². The molecule has 2 N–H and O–H groups in total. The van der Waals surface area contributed by atoms with E-state index in [1.807, 2.05) is 0 Å². The molecule has 1 unspecified atom stereocenters. The molecule has 1 aliphatic heterocycles. The molecule has 0 bridgehead atoms. The van der Waals surface area contributed by atoms with Crippen LogP contribution in [0.1, 0.15) is 42.6 Å². The number of carboxylic acid groups (broad SMARTS) is 1. The fraction of sp³-hybridized carbons (Fsp3) is 0.409. The number of benzene rings is 1. The fourth-order valence-electron chi connectivity index (χ4n) is 4.19. The van der Waals surface area contributed by atoms with Crippen LogP contribution in [0.2, 0.25) is 0 Å². The smallest absolute Gasteiger partial charge is 0.341 e. The van der Waals surface area contributed by atoms with E-state index in [4.69, 9.17) is 0 Å². The molecule has 2 heterocycles. The molecule has 1 aliphatic carbocycles. The van der Waals surface area contributed by atoms with Crippen LogP contribution in [0.5, 0.6) is 0 Å². The highest BCUT2D eigenvalue weighted by Gasteiger charge is 2.33. The number of carbonyl (C=O) groups excluding carboxylic acids is 1. The molecule has 10 heteroatoms. The Morgan fingerprint density at radius 1 is 1.28 bits per heavy atom. The lowest BCUT2D eigenvalue weighted by atomic mass is 10.1. The monoisotopic (exact) mass is 447 g/mol. The number of aromatic nitrogens is 1. The molecule has 0 spiro atoms. The molecule has 4 rings (SSSR count). The minimum absolute atomic E-state index is 0.0722. The van der Waals surface area contributed by atoms with E-state index in [2.05, 4.69) is 10.1 Å². The number of halogens is 2. The maximum Gasteiger partial charge on any atom is 0.341 e. The molecule has 2 aliphatic rings. The first-order valence-electron chi connectivity index (χ1n) is 10.3. The quantitative estimate of drug-likeness (QED) is 0.519. The molecule has 1 aromatic carbocycles. The number of carbonyl (C=O) groups is 2. The van der Waals surface area contributed by atoms with Gasteiger partial charge in [-0.1, -0.05) is 0 Å². The lowest BCUT2D eigenvalue weighted by Crippen LogP contribution is -2.32. The van der Waals surface area contributed by atoms with E-state index >= 15 is 8.78 Å². The number of esters is 1. The molecule has 1 saturated carbocycles. The van der Waals surface area contributed by atoms with Gasteiger partial charge in [-0.15, -0.1) is 0 Å². The van der Waals surface area contributed by atoms with Crippen molar-refractivity contribution in [3.8, 4) is 0 Å². The largest absolute Gasteiger partial charge is 0.477 e. The molecule has 1 aromatic heterocycles. The number of carboxylic acids is 1. The Morgan fingerprint density at radius 2 is 2.00 bits per heavy atom. The SMILES string of the molecule is COC(=O)/C=C(\C)NC1CCN(c2c(F)cc3c(=O)c(C(=O)O)cn(C4CC4)c3c2F)C1. The topological polar surface area (TPSA) is 101 Å². The van der Waals surface area contributed by atoms with Crippen LogP contribution >= 0.6 is 0 Å². The van der Waals surface area contributed by atoms with E-state index in [1.54, 1.807) is 11.8 Å². The molecule has 32 heavy (non-hydrogen) atoms. The molecule has 0 radical (unpaired) electrons. The van der Waals surface area contributed by atoms with Gasteiger partial charge in [-0.3, -0.25) is 4.79 Å². The zero-order valence-electron chi connectivity index (χ0n) is 17.7. The summed E-state index contributed by atoms with van der Waals surface area (Å²) in [5.41, 5.74) is -1.15. The van der Waals surface area contributed by atoms with Crippen molar-refractivity contribution in [1.82, 2.24) is 9.88 Å². The third-order valence-electron chi connectivity index (χ3n) is 5.83. The summed E-state index contributed by atoms with van der Waals surface area (Å²) in [5, 5.41) is 12.2. The van der Waals surface area contributed by atoms with E-state index < -0.39 is 34.6 Å². The van der Waals surface area contributed by atoms with Crippen LogP contribution in [0, 0.1) is 11.6 Å². The average molecular weight is 447 g/mol. The summed E-state index contributed by atoms with van der Waals surface area (Å²) in [6.07, 6.45) is 4.49. The van der Waals surface area contributed by atoms with Crippen molar-refractivity contribution in [1.29, 1.82) is 0 Å². The summed E-state index contributed by atoms with van der Waals surface area (Å²) in [7, 11) is 1.27. The lowest BCUT2D eigenvalue weighted by Gasteiger charge is -2.23. The third-order valence-corrected chi connectivity index (χ3v) is 5.83. The van der Waals surface area contributed by atoms with Crippen molar-refractivity contribution < 1.29 is 28.2 Å². The highest BCUT2D eigenvalue weighted by molar-refractivity contribution is 5.94. The van der Waals surface area contributed by atoms with Crippen LogP contribution in [-0.4, -0.2) is 47.9 Å². The highest BCUT2D eigenvalue weighted by Crippen LogP contribution is 2.40. The summed E-state index contributed by atoms with van der Waals surface area (Å²) in [6.45, 7) is 2.35. The van der Waals surface area contributed by atoms with Crippen LogP contribution in [-0.2, 0) is 9.53 Å². The minimum Gasteiger partial charge on any atom is -0.477 e. The number of hydrogen-bond donors (Lipinski definition) is 2. The summed E-state index contributed by atoms with van der Waals surface area (Å²) in [5.74, 6) is -3.72. The molecule has 1 saturated heterocycles. The maximum absolute atomic E-state index is 15.7. The van der Waals surface area contributed by atoms with Crippen LogP contribution in [0.3, 0.4) is 0 Å². The molecule has 170 valence electrons. The van der Waals surface area contributed by atoms with Crippen LogP contribution in [0.25, 0.3) is 10.9 Å². The minimum atomic E-state index is -1.43. The Bertz CT molecular complexity index is 1200. The van der Waals surface area contributed by atoms with Gasteiger partial charge in [-0.2, -0.15) is 0 Å². The predicted molar refractivity (Wildman–Crippen MR) is 113 cm³/mol. The zero-order chi connectivity index (χ0) is 23.2. The first kappa shape index (κ1) is 21.8. The second-order valence-corrected chi connectivity index (χ2v) is 8.16. The molecule has 1 atom stereocenters. The number of rotatable bonds is 6. The Kier molecular flexibility index (Phi) is 5.62. The molecule has 2 aromatic rings. The number of anilines is 1. The number of hydrogen-bond acceptors (Lipinski definition) is 6. The summed E-state index contributed by atoms with van der Waals surface area (Å²) in [6, 6.07) is 0.665. The third kappa shape index (κ3) is 3.92. The van der Waals surface area contributed by atoms with Crippen molar-refractivity contribution in [3.63, 3.8) is 0 Å². The first-order chi connectivity index (χ1) is 15.2. The fourth-order valence-corrected chi connectivity index (χ4v) is 4.19. The van der Waals surface area contributed by atoms with Crippen LogP contribution in [0.4, 0.5) is 14.5 Å². The van der Waals surface area contributed by atoms with Crippen molar-refractivity contribution >= 4 is 28.5 Å². The van der Waals surface area contributed by atoms with Crippen molar-refractivity contribution in [3.05, 3.63) is 51.5 Å². The Labute approximate surface area is 182 Å². The van der Waals surface area contributed by atoms with E-state index in [-0.39, 0.29) is 35.2 Å². The van der Waals surface area contributed by atoms with Gasteiger partial charge >= 0.3 is 11.9 Å². The second-order valence-electron chi connectivity index (χ2n) is 8.16. The van der Waals surface area contributed by atoms with Crippen molar-refractivity contribution in [2.75, 3.05) is 25.1 Å². The number of nitrogens with zero attached hydrogens (tertiary/aromatic N) is 2. The van der Waals surface area contributed by atoms with Gasteiger partial charge in [0.1, 0.15) is 17.1 Å².